The quantitative estimate of drug-likeness (QED) is 0.750. The number of fused-ring (bicyclic) bond motifs is 1. The van der Waals surface area contributed by atoms with Crippen molar-refractivity contribution in [2.75, 3.05) is 11.1 Å². The van der Waals surface area contributed by atoms with Crippen molar-refractivity contribution >= 4 is 28.0 Å². The van der Waals surface area contributed by atoms with Crippen LogP contribution in [0, 0.1) is 6.92 Å². The number of amides is 1. The van der Waals surface area contributed by atoms with Crippen LogP contribution in [0.3, 0.4) is 0 Å². The number of hydrogen-bond acceptors (Lipinski definition) is 3. The van der Waals surface area contributed by atoms with Gasteiger partial charge in [-0.05, 0) is 31.2 Å². The summed E-state index contributed by atoms with van der Waals surface area (Å²) in [6.45, 7) is 2.00. The minimum absolute atomic E-state index is 0.125. The highest BCUT2D eigenvalue weighted by Gasteiger charge is 2.10. The average Bonchev–Trinajstić information content (AvgIpc) is 2.98. The van der Waals surface area contributed by atoms with Crippen LogP contribution in [0.15, 0.2) is 54.7 Å². The molecule has 124 valence electrons. The number of para-hydroxylation sites is 1. The van der Waals surface area contributed by atoms with E-state index >= 15 is 0 Å². The van der Waals surface area contributed by atoms with Crippen LogP contribution in [-0.4, -0.2) is 25.3 Å². The predicted molar refractivity (Wildman–Crippen MR) is 96.3 cm³/mol. The molecule has 0 spiro atoms. The fourth-order valence-corrected chi connectivity index (χ4v) is 3.48. The minimum Gasteiger partial charge on any atom is -0.326 e. The van der Waals surface area contributed by atoms with Crippen molar-refractivity contribution in [1.82, 2.24) is 9.38 Å². The smallest absolute Gasteiger partial charge is 0.225 e. The van der Waals surface area contributed by atoms with Crippen molar-refractivity contribution in [2.45, 2.75) is 19.1 Å². The molecule has 3 rings (SSSR count). The predicted octanol–water partition coefficient (Wildman–Crippen LogP) is 2.92. The number of carbonyl (C=O) groups excluding carboxylic acids is 1. The Bertz CT molecular complexity index is 874. The fourth-order valence-electron chi connectivity index (χ4n) is 2.46. The van der Waals surface area contributed by atoms with Gasteiger partial charge in [0.15, 0.2) is 0 Å². The van der Waals surface area contributed by atoms with Crippen LogP contribution in [0.2, 0.25) is 0 Å². The normalized spacial score (nSPS) is 12.2. The largest absolute Gasteiger partial charge is 0.326 e. The molecular weight excluding hydrogens is 322 g/mol. The summed E-state index contributed by atoms with van der Waals surface area (Å²) in [6, 6.07) is 15.1. The summed E-state index contributed by atoms with van der Waals surface area (Å²) >= 11 is 0. The van der Waals surface area contributed by atoms with Gasteiger partial charge < -0.3 is 9.72 Å². The van der Waals surface area contributed by atoms with E-state index in [0.29, 0.717) is 11.5 Å². The molecule has 6 heteroatoms. The van der Waals surface area contributed by atoms with E-state index in [2.05, 4.69) is 10.3 Å². The van der Waals surface area contributed by atoms with Gasteiger partial charge in [-0.15, -0.1) is 0 Å². The van der Waals surface area contributed by atoms with Crippen LogP contribution in [0.4, 0.5) is 5.69 Å². The lowest BCUT2D eigenvalue weighted by atomic mass is 10.3. The third kappa shape index (κ3) is 4.08. The van der Waals surface area contributed by atoms with E-state index in [1.165, 1.54) is 0 Å². The van der Waals surface area contributed by atoms with Crippen molar-refractivity contribution in [3.8, 4) is 0 Å². The summed E-state index contributed by atoms with van der Waals surface area (Å²) in [5.41, 5.74) is 3.47. The zero-order valence-corrected chi connectivity index (χ0v) is 14.3. The molecule has 3 aromatic rings. The number of pyridine rings is 1. The molecule has 1 amide bonds. The zero-order valence-electron chi connectivity index (χ0n) is 13.4. The Morgan fingerprint density at radius 3 is 2.71 bits per heavy atom. The van der Waals surface area contributed by atoms with Gasteiger partial charge in [-0.2, -0.15) is 0 Å². The Hall–Kier alpha value is -2.47. The van der Waals surface area contributed by atoms with Crippen molar-refractivity contribution in [3.05, 3.63) is 66.1 Å². The zero-order chi connectivity index (χ0) is 16.9. The summed E-state index contributed by atoms with van der Waals surface area (Å²) in [5, 5.41) is 2.80. The van der Waals surface area contributed by atoms with Gasteiger partial charge in [0, 0.05) is 40.6 Å². The number of anilines is 1. The molecule has 0 saturated heterocycles. The van der Waals surface area contributed by atoms with E-state index in [4.69, 9.17) is 0 Å². The van der Waals surface area contributed by atoms with Crippen molar-refractivity contribution in [3.63, 3.8) is 0 Å². The van der Waals surface area contributed by atoms with E-state index in [9.17, 15) is 9.00 Å². The SMILES string of the molecule is Cc1cccc2nc(C[S@](=O)CCC(=O)Nc3ccccc3)cn12. The first-order valence-electron chi connectivity index (χ1n) is 7.75. The van der Waals surface area contributed by atoms with Crippen molar-refractivity contribution < 1.29 is 9.00 Å². The maximum absolute atomic E-state index is 12.2. The number of carbonyl (C=O) groups is 1. The lowest BCUT2D eigenvalue weighted by molar-refractivity contribution is -0.115. The number of benzene rings is 1. The van der Waals surface area contributed by atoms with Crippen molar-refractivity contribution in [1.29, 1.82) is 0 Å². The highest BCUT2D eigenvalue weighted by atomic mass is 32.2. The van der Waals surface area contributed by atoms with Crippen molar-refractivity contribution in [2.24, 2.45) is 0 Å². The molecule has 5 nitrogen and oxygen atoms in total. The summed E-state index contributed by atoms with van der Waals surface area (Å²) < 4.78 is 14.2. The lowest BCUT2D eigenvalue weighted by Crippen LogP contribution is -2.15. The number of nitrogens with one attached hydrogen (secondary N) is 1. The molecule has 0 aliphatic heterocycles. The topological polar surface area (TPSA) is 63.5 Å². The number of aryl methyl sites for hydroxylation is 1. The van der Waals surface area contributed by atoms with Crippen LogP contribution in [-0.2, 0) is 21.3 Å². The van der Waals surface area contributed by atoms with Gasteiger partial charge in [0.05, 0.1) is 11.4 Å². The number of nitrogens with zero attached hydrogens (tertiary/aromatic N) is 2. The molecule has 2 aromatic heterocycles. The van der Waals surface area contributed by atoms with Gasteiger partial charge in [-0.3, -0.25) is 9.00 Å². The molecule has 0 aliphatic rings. The van der Waals surface area contributed by atoms with E-state index in [1.54, 1.807) is 0 Å². The van der Waals surface area contributed by atoms with Crippen LogP contribution in [0.25, 0.3) is 5.65 Å². The van der Waals surface area contributed by atoms with Crippen LogP contribution >= 0.6 is 0 Å². The summed E-state index contributed by atoms with van der Waals surface area (Å²) in [5.74, 6) is 0.561. The summed E-state index contributed by atoms with van der Waals surface area (Å²) in [7, 11) is -1.12. The average molecular weight is 341 g/mol. The Morgan fingerprint density at radius 2 is 1.96 bits per heavy atom. The Kier molecular flexibility index (Phi) is 5.05. The van der Waals surface area contributed by atoms with E-state index in [1.807, 2.05) is 66.1 Å². The van der Waals surface area contributed by atoms with Gasteiger partial charge in [0.1, 0.15) is 5.65 Å². The first-order chi connectivity index (χ1) is 11.6. The molecule has 0 bridgehead atoms. The second kappa shape index (κ2) is 7.40. The van der Waals surface area contributed by atoms with Crippen LogP contribution in [0.5, 0.6) is 0 Å². The van der Waals surface area contributed by atoms with Gasteiger partial charge >= 0.3 is 0 Å². The Balaban J connectivity index is 1.53. The number of rotatable bonds is 6. The Labute approximate surface area is 143 Å². The molecule has 0 unspecified atom stereocenters. The highest BCUT2D eigenvalue weighted by molar-refractivity contribution is 7.84. The standard InChI is InChI=1S/C18H19N3O2S/c1-14-6-5-9-17-19-16(12-21(14)17)13-24(23)11-10-18(22)20-15-7-3-2-4-8-15/h2-9,12H,10-11,13H2,1H3,(H,20,22)/t24-/m1/s1. The minimum atomic E-state index is -1.12. The third-order valence-corrected chi connectivity index (χ3v) is 4.95. The maximum Gasteiger partial charge on any atom is 0.225 e. The summed E-state index contributed by atoms with van der Waals surface area (Å²) in [6.07, 6.45) is 2.14. The molecule has 1 atom stereocenters. The van der Waals surface area contributed by atoms with Gasteiger partial charge in [-0.1, -0.05) is 24.3 Å². The van der Waals surface area contributed by atoms with Gasteiger partial charge in [0.2, 0.25) is 5.91 Å². The van der Waals surface area contributed by atoms with Gasteiger partial charge in [-0.25, -0.2) is 4.98 Å². The second-order valence-electron chi connectivity index (χ2n) is 5.58. The highest BCUT2D eigenvalue weighted by Crippen LogP contribution is 2.11. The molecule has 0 saturated carbocycles. The second-order valence-corrected chi connectivity index (χ2v) is 7.16. The molecule has 0 radical (unpaired) electrons. The molecule has 1 N–H and O–H groups in total. The molecule has 1 aromatic carbocycles. The molecular formula is C18H19N3O2S. The van der Waals surface area contributed by atoms with Crippen LogP contribution < -0.4 is 5.32 Å². The lowest BCUT2D eigenvalue weighted by Gasteiger charge is -2.04. The fraction of sp³-hybridized carbons (Fsp3) is 0.222. The molecule has 24 heavy (non-hydrogen) atoms. The third-order valence-electron chi connectivity index (χ3n) is 3.67. The first kappa shape index (κ1) is 16.4. The van der Waals surface area contributed by atoms with E-state index < -0.39 is 10.8 Å². The molecule has 2 heterocycles. The Morgan fingerprint density at radius 1 is 1.17 bits per heavy atom. The molecule has 0 fully saturated rings. The van der Waals surface area contributed by atoms with Crippen LogP contribution in [0.1, 0.15) is 17.8 Å². The van der Waals surface area contributed by atoms with E-state index in [-0.39, 0.29) is 12.3 Å². The summed E-state index contributed by atoms with van der Waals surface area (Å²) in [4.78, 5) is 16.4. The first-order valence-corrected chi connectivity index (χ1v) is 9.24. The van der Waals surface area contributed by atoms with E-state index in [0.717, 1.165) is 22.7 Å². The maximum atomic E-state index is 12.2. The number of aromatic nitrogens is 2. The molecule has 0 aliphatic carbocycles. The monoisotopic (exact) mass is 341 g/mol. The van der Waals surface area contributed by atoms with Gasteiger partial charge in [0.25, 0.3) is 0 Å². The number of imidazole rings is 1. The number of hydrogen-bond donors (Lipinski definition) is 1.